The third-order valence-corrected chi connectivity index (χ3v) is 5.84. The molecule has 1 spiro atoms. The van der Waals surface area contributed by atoms with Gasteiger partial charge in [-0.25, -0.2) is 4.79 Å². The number of carbonyl (C=O) groups excluding carboxylic acids is 1. The standard InChI is InChI=1S/C19H23N5O2/c25-18(20-11-17-22-21-16-7-3-10-24(16)17)23-9-4-8-19(13-23)15-6-2-1-5-14(15)12-26-19/h1-2,5-6H,3-4,7-13H2,(H,20,25). The van der Waals surface area contributed by atoms with Crippen molar-refractivity contribution in [2.24, 2.45) is 0 Å². The molecular weight excluding hydrogens is 330 g/mol. The zero-order chi connectivity index (χ0) is 17.6. The van der Waals surface area contributed by atoms with Crippen LogP contribution in [0.2, 0.25) is 0 Å². The predicted octanol–water partition coefficient (Wildman–Crippen LogP) is 1.96. The van der Waals surface area contributed by atoms with E-state index in [0.29, 0.717) is 19.7 Å². The molecule has 1 atom stereocenters. The molecule has 7 heteroatoms. The average Bonchev–Trinajstić information content (AvgIpc) is 3.37. The summed E-state index contributed by atoms with van der Waals surface area (Å²) in [6.07, 6.45) is 4.00. The summed E-state index contributed by atoms with van der Waals surface area (Å²) in [5.41, 5.74) is 2.14. The fourth-order valence-corrected chi connectivity index (χ4v) is 4.53. The number of ether oxygens (including phenoxy) is 1. The van der Waals surface area contributed by atoms with Crippen LogP contribution >= 0.6 is 0 Å². The highest BCUT2D eigenvalue weighted by molar-refractivity contribution is 5.74. The first-order valence-electron chi connectivity index (χ1n) is 9.41. The number of aromatic nitrogens is 3. The van der Waals surface area contributed by atoms with Gasteiger partial charge in [0.05, 0.1) is 19.7 Å². The second-order valence-electron chi connectivity index (χ2n) is 7.41. The van der Waals surface area contributed by atoms with Crippen LogP contribution in [0.15, 0.2) is 24.3 Å². The van der Waals surface area contributed by atoms with E-state index in [9.17, 15) is 4.79 Å². The van der Waals surface area contributed by atoms with Gasteiger partial charge in [0.25, 0.3) is 0 Å². The summed E-state index contributed by atoms with van der Waals surface area (Å²) < 4.78 is 8.31. The SMILES string of the molecule is O=C(NCc1nnc2n1CCC2)N1CCCC2(C1)OCc1ccccc12. The zero-order valence-electron chi connectivity index (χ0n) is 14.8. The number of fused-ring (bicyclic) bond motifs is 3. The number of rotatable bonds is 2. The molecule has 0 radical (unpaired) electrons. The van der Waals surface area contributed by atoms with Crippen molar-refractivity contribution in [1.82, 2.24) is 25.0 Å². The van der Waals surface area contributed by atoms with Crippen molar-refractivity contribution < 1.29 is 9.53 Å². The molecule has 1 fully saturated rings. The van der Waals surface area contributed by atoms with E-state index in [2.05, 4.69) is 38.3 Å². The normalized spacial score (nSPS) is 23.9. The highest BCUT2D eigenvalue weighted by Crippen LogP contribution is 2.42. The Labute approximate surface area is 152 Å². The molecule has 2 amide bonds. The molecule has 3 aliphatic rings. The van der Waals surface area contributed by atoms with E-state index in [1.807, 2.05) is 11.0 Å². The van der Waals surface area contributed by atoms with Crippen LogP contribution in [0.5, 0.6) is 0 Å². The summed E-state index contributed by atoms with van der Waals surface area (Å²) in [5, 5.41) is 11.4. The number of nitrogens with one attached hydrogen (secondary N) is 1. The van der Waals surface area contributed by atoms with Crippen LogP contribution in [0.25, 0.3) is 0 Å². The van der Waals surface area contributed by atoms with E-state index in [0.717, 1.165) is 50.4 Å². The van der Waals surface area contributed by atoms with Gasteiger partial charge in [-0.2, -0.15) is 0 Å². The number of nitrogens with zero attached hydrogens (tertiary/aromatic N) is 4. The lowest BCUT2D eigenvalue weighted by Gasteiger charge is -2.40. The van der Waals surface area contributed by atoms with Crippen LogP contribution < -0.4 is 5.32 Å². The summed E-state index contributed by atoms with van der Waals surface area (Å²) in [6, 6.07) is 8.32. The Hall–Kier alpha value is -2.41. The lowest BCUT2D eigenvalue weighted by atomic mass is 9.85. The summed E-state index contributed by atoms with van der Waals surface area (Å²) in [7, 11) is 0. The highest BCUT2D eigenvalue weighted by Gasteiger charge is 2.44. The van der Waals surface area contributed by atoms with Gasteiger partial charge in [0.15, 0.2) is 5.82 Å². The first-order valence-corrected chi connectivity index (χ1v) is 9.41. The van der Waals surface area contributed by atoms with Crippen molar-refractivity contribution in [2.45, 2.75) is 51.0 Å². The second-order valence-corrected chi connectivity index (χ2v) is 7.41. The maximum Gasteiger partial charge on any atom is 0.317 e. The number of piperidine rings is 1. The molecule has 3 aliphatic heterocycles. The Morgan fingerprint density at radius 2 is 2.15 bits per heavy atom. The third-order valence-electron chi connectivity index (χ3n) is 5.84. The van der Waals surface area contributed by atoms with Gasteiger partial charge >= 0.3 is 6.03 Å². The van der Waals surface area contributed by atoms with Gasteiger partial charge < -0.3 is 19.5 Å². The quantitative estimate of drug-likeness (QED) is 0.896. The molecule has 1 N–H and O–H groups in total. The smallest absolute Gasteiger partial charge is 0.317 e. The molecule has 0 aliphatic carbocycles. The maximum absolute atomic E-state index is 12.7. The molecular formula is C19H23N5O2. The fraction of sp³-hybridized carbons (Fsp3) is 0.526. The summed E-state index contributed by atoms with van der Waals surface area (Å²) >= 11 is 0. The van der Waals surface area contributed by atoms with Crippen molar-refractivity contribution in [2.75, 3.05) is 13.1 Å². The van der Waals surface area contributed by atoms with E-state index in [1.165, 1.54) is 11.1 Å². The number of benzene rings is 1. The number of aryl methyl sites for hydroxylation is 1. The Morgan fingerprint density at radius 3 is 3.12 bits per heavy atom. The Kier molecular flexibility index (Phi) is 3.70. The molecule has 0 bridgehead atoms. The van der Waals surface area contributed by atoms with Crippen LogP contribution in [0.3, 0.4) is 0 Å². The van der Waals surface area contributed by atoms with E-state index in [1.54, 1.807) is 0 Å². The largest absolute Gasteiger partial charge is 0.364 e. The first-order chi connectivity index (χ1) is 12.8. The fourth-order valence-electron chi connectivity index (χ4n) is 4.53. The lowest BCUT2D eigenvalue weighted by Crippen LogP contribution is -2.51. The zero-order valence-corrected chi connectivity index (χ0v) is 14.8. The summed E-state index contributed by atoms with van der Waals surface area (Å²) in [5.74, 6) is 1.88. The van der Waals surface area contributed by atoms with E-state index in [-0.39, 0.29) is 11.6 Å². The van der Waals surface area contributed by atoms with Gasteiger partial charge in [-0.3, -0.25) is 0 Å². The van der Waals surface area contributed by atoms with Crippen molar-refractivity contribution in [3.63, 3.8) is 0 Å². The van der Waals surface area contributed by atoms with Crippen LogP contribution in [-0.2, 0) is 36.5 Å². The minimum atomic E-state index is -0.345. The van der Waals surface area contributed by atoms with Gasteiger partial charge in [-0.1, -0.05) is 24.3 Å². The number of likely N-dealkylation sites (tertiary alicyclic amines) is 1. The Morgan fingerprint density at radius 1 is 1.23 bits per heavy atom. The van der Waals surface area contributed by atoms with Crippen LogP contribution in [0, 0.1) is 0 Å². The number of urea groups is 1. The third kappa shape index (κ3) is 2.49. The van der Waals surface area contributed by atoms with E-state index >= 15 is 0 Å². The molecule has 2 aromatic rings. The van der Waals surface area contributed by atoms with Crippen LogP contribution in [0.1, 0.15) is 42.0 Å². The molecule has 7 nitrogen and oxygen atoms in total. The number of carbonyl (C=O) groups is 1. The van der Waals surface area contributed by atoms with Gasteiger partial charge in [-0.15, -0.1) is 10.2 Å². The molecule has 1 saturated heterocycles. The number of hydrogen-bond acceptors (Lipinski definition) is 4. The van der Waals surface area contributed by atoms with Gasteiger partial charge in [0.1, 0.15) is 11.4 Å². The van der Waals surface area contributed by atoms with Gasteiger partial charge in [0, 0.05) is 19.5 Å². The average molecular weight is 353 g/mol. The molecule has 5 rings (SSSR count). The molecule has 1 aromatic carbocycles. The topological polar surface area (TPSA) is 72.3 Å². The van der Waals surface area contributed by atoms with Crippen molar-refractivity contribution in [3.05, 3.63) is 47.0 Å². The lowest BCUT2D eigenvalue weighted by molar-refractivity contribution is -0.0764. The van der Waals surface area contributed by atoms with Crippen molar-refractivity contribution in [1.29, 1.82) is 0 Å². The Bertz CT molecular complexity index is 844. The Balaban J connectivity index is 1.28. The van der Waals surface area contributed by atoms with Crippen molar-refractivity contribution >= 4 is 6.03 Å². The molecule has 1 unspecified atom stereocenters. The predicted molar refractivity (Wildman–Crippen MR) is 94.3 cm³/mol. The van der Waals surface area contributed by atoms with Gasteiger partial charge in [0.2, 0.25) is 0 Å². The second kappa shape index (κ2) is 6.09. The molecule has 26 heavy (non-hydrogen) atoms. The molecule has 136 valence electrons. The minimum Gasteiger partial charge on any atom is -0.364 e. The van der Waals surface area contributed by atoms with Crippen LogP contribution in [0.4, 0.5) is 4.79 Å². The monoisotopic (exact) mass is 353 g/mol. The first kappa shape index (κ1) is 15.8. The molecule has 1 aromatic heterocycles. The minimum absolute atomic E-state index is 0.0487. The van der Waals surface area contributed by atoms with Gasteiger partial charge in [-0.05, 0) is 30.4 Å². The number of amides is 2. The number of hydrogen-bond donors (Lipinski definition) is 1. The van der Waals surface area contributed by atoms with Crippen LogP contribution in [-0.4, -0.2) is 38.8 Å². The maximum atomic E-state index is 12.7. The summed E-state index contributed by atoms with van der Waals surface area (Å²) in [6.45, 7) is 3.38. The van der Waals surface area contributed by atoms with E-state index in [4.69, 9.17) is 4.74 Å². The highest BCUT2D eigenvalue weighted by atomic mass is 16.5. The molecule has 0 saturated carbocycles. The van der Waals surface area contributed by atoms with Crippen molar-refractivity contribution in [3.8, 4) is 0 Å². The molecule has 4 heterocycles. The summed E-state index contributed by atoms with van der Waals surface area (Å²) in [4.78, 5) is 14.6. The van der Waals surface area contributed by atoms with E-state index < -0.39 is 0 Å².